The average Bonchev–Trinajstić information content (AvgIpc) is 2.78. The Kier molecular flexibility index (Phi) is 7.98. The first-order valence-corrected chi connectivity index (χ1v) is 10.1. The standard InChI is InChI=1S/C23H23ClN4O3/c1-17(29)28(26-16-20-9-5-6-10-21(20)24)13-14-31-23(30)27-22-12-11-19(15-25-22)18-7-3-2-4-8-18/h2-12,15,26H,13-14,16H2,1H3,(H,25,27,30). The smallest absolute Gasteiger partial charge is 0.412 e. The molecule has 7 nitrogen and oxygen atoms in total. The van der Waals surface area contributed by atoms with Gasteiger partial charge in [-0.3, -0.25) is 15.1 Å². The lowest BCUT2D eigenvalue weighted by molar-refractivity contribution is -0.132. The van der Waals surface area contributed by atoms with Gasteiger partial charge in [0.1, 0.15) is 12.4 Å². The van der Waals surface area contributed by atoms with Gasteiger partial charge in [0.25, 0.3) is 0 Å². The van der Waals surface area contributed by atoms with Gasteiger partial charge in [0.15, 0.2) is 0 Å². The predicted octanol–water partition coefficient (Wildman–Crippen LogP) is 4.50. The molecule has 3 rings (SSSR count). The van der Waals surface area contributed by atoms with Gasteiger partial charge in [-0.15, -0.1) is 0 Å². The Morgan fingerprint density at radius 1 is 1.00 bits per heavy atom. The summed E-state index contributed by atoms with van der Waals surface area (Å²) in [5.41, 5.74) is 5.84. The molecule has 0 atom stereocenters. The van der Waals surface area contributed by atoms with Crippen molar-refractivity contribution in [2.75, 3.05) is 18.5 Å². The van der Waals surface area contributed by atoms with E-state index >= 15 is 0 Å². The van der Waals surface area contributed by atoms with E-state index in [1.54, 1.807) is 18.3 Å². The van der Waals surface area contributed by atoms with Gasteiger partial charge in [0.2, 0.25) is 5.91 Å². The van der Waals surface area contributed by atoms with Gasteiger partial charge in [-0.2, -0.15) is 0 Å². The molecule has 2 amide bonds. The maximum Gasteiger partial charge on any atom is 0.412 e. The molecule has 2 aromatic carbocycles. The van der Waals surface area contributed by atoms with Crippen LogP contribution in [0.3, 0.4) is 0 Å². The second-order valence-corrected chi connectivity index (χ2v) is 7.06. The topological polar surface area (TPSA) is 83.6 Å². The van der Waals surface area contributed by atoms with E-state index in [-0.39, 0.29) is 19.1 Å². The number of hydrogen-bond acceptors (Lipinski definition) is 5. The highest BCUT2D eigenvalue weighted by Crippen LogP contribution is 2.19. The Hall–Kier alpha value is -3.42. The van der Waals surface area contributed by atoms with E-state index in [2.05, 4.69) is 15.7 Å². The molecule has 160 valence electrons. The van der Waals surface area contributed by atoms with Crippen molar-refractivity contribution in [2.24, 2.45) is 0 Å². The number of aromatic nitrogens is 1. The molecular formula is C23H23ClN4O3. The zero-order valence-corrected chi connectivity index (χ0v) is 17.8. The Balaban J connectivity index is 1.45. The highest BCUT2D eigenvalue weighted by Gasteiger charge is 2.11. The van der Waals surface area contributed by atoms with Gasteiger partial charge in [0.05, 0.1) is 6.54 Å². The molecule has 0 spiro atoms. The highest BCUT2D eigenvalue weighted by molar-refractivity contribution is 6.31. The number of benzene rings is 2. The summed E-state index contributed by atoms with van der Waals surface area (Å²) in [4.78, 5) is 28.1. The molecule has 0 saturated heterocycles. The predicted molar refractivity (Wildman–Crippen MR) is 120 cm³/mol. The average molecular weight is 439 g/mol. The molecule has 1 aromatic heterocycles. The van der Waals surface area contributed by atoms with Crippen molar-refractivity contribution in [3.8, 4) is 11.1 Å². The second kappa shape index (κ2) is 11.1. The fraction of sp³-hybridized carbons (Fsp3) is 0.174. The number of amides is 2. The number of hydrogen-bond donors (Lipinski definition) is 2. The first-order valence-electron chi connectivity index (χ1n) is 9.73. The van der Waals surface area contributed by atoms with Crippen LogP contribution < -0.4 is 10.7 Å². The van der Waals surface area contributed by atoms with Gasteiger partial charge in [-0.05, 0) is 29.3 Å². The maximum absolute atomic E-state index is 12.0. The zero-order chi connectivity index (χ0) is 22.1. The van der Waals surface area contributed by atoms with E-state index < -0.39 is 6.09 Å². The van der Waals surface area contributed by atoms with Crippen molar-refractivity contribution in [1.82, 2.24) is 15.4 Å². The second-order valence-electron chi connectivity index (χ2n) is 6.66. The monoisotopic (exact) mass is 438 g/mol. The number of hydrazine groups is 1. The normalized spacial score (nSPS) is 10.4. The van der Waals surface area contributed by atoms with Crippen molar-refractivity contribution in [2.45, 2.75) is 13.5 Å². The third kappa shape index (κ3) is 6.80. The van der Waals surface area contributed by atoms with Crippen LogP contribution in [0.1, 0.15) is 12.5 Å². The van der Waals surface area contributed by atoms with Crippen molar-refractivity contribution in [3.05, 3.63) is 83.5 Å². The summed E-state index contributed by atoms with van der Waals surface area (Å²) >= 11 is 6.13. The Morgan fingerprint density at radius 3 is 2.42 bits per heavy atom. The quantitative estimate of drug-likeness (QED) is 0.506. The summed E-state index contributed by atoms with van der Waals surface area (Å²) in [6.45, 7) is 2.01. The molecule has 2 N–H and O–H groups in total. The molecule has 0 unspecified atom stereocenters. The van der Waals surface area contributed by atoms with Crippen LogP contribution >= 0.6 is 11.6 Å². The van der Waals surface area contributed by atoms with E-state index in [1.807, 2.05) is 54.6 Å². The van der Waals surface area contributed by atoms with Gasteiger partial charge in [0, 0.05) is 30.3 Å². The number of carbonyl (C=O) groups excluding carboxylic acids is 2. The number of rotatable bonds is 8. The number of nitrogens with one attached hydrogen (secondary N) is 2. The summed E-state index contributed by atoms with van der Waals surface area (Å²) in [6.07, 6.45) is 1.04. The Bertz CT molecular complexity index is 1010. The molecule has 8 heteroatoms. The van der Waals surface area contributed by atoms with Gasteiger partial charge in [-0.25, -0.2) is 15.2 Å². The number of anilines is 1. The third-order valence-electron chi connectivity index (χ3n) is 4.45. The summed E-state index contributed by atoms with van der Waals surface area (Å²) in [6, 6.07) is 20.8. The minimum atomic E-state index is -0.644. The number of pyridine rings is 1. The first kappa shape index (κ1) is 22.3. The van der Waals surface area contributed by atoms with Crippen LogP contribution in [-0.4, -0.2) is 35.1 Å². The van der Waals surface area contributed by atoms with Gasteiger partial charge >= 0.3 is 6.09 Å². The summed E-state index contributed by atoms with van der Waals surface area (Å²) in [5.74, 6) is 0.180. The SMILES string of the molecule is CC(=O)N(CCOC(=O)Nc1ccc(-c2ccccc2)cn1)NCc1ccccc1Cl. The molecule has 0 fully saturated rings. The highest BCUT2D eigenvalue weighted by atomic mass is 35.5. The Morgan fingerprint density at radius 2 is 1.74 bits per heavy atom. The lowest BCUT2D eigenvalue weighted by Crippen LogP contribution is -2.43. The van der Waals surface area contributed by atoms with E-state index in [0.29, 0.717) is 17.4 Å². The van der Waals surface area contributed by atoms with Crippen molar-refractivity contribution < 1.29 is 14.3 Å². The van der Waals surface area contributed by atoms with Crippen LogP contribution in [-0.2, 0) is 16.1 Å². The molecule has 31 heavy (non-hydrogen) atoms. The minimum absolute atomic E-state index is 0.0169. The van der Waals surface area contributed by atoms with Crippen LogP contribution in [0.5, 0.6) is 0 Å². The summed E-state index contributed by atoms with van der Waals surface area (Å²) in [7, 11) is 0. The maximum atomic E-state index is 12.0. The van der Waals surface area contributed by atoms with Crippen LogP contribution in [0.25, 0.3) is 11.1 Å². The van der Waals surface area contributed by atoms with E-state index in [1.165, 1.54) is 11.9 Å². The first-order chi connectivity index (χ1) is 15.0. The number of carbonyl (C=O) groups is 2. The van der Waals surface area contributed by atoms with Crippen LogP contribution in [0.15, 0.2) is 72.9 Å². The van der Waals surface area contributed by atoms with Gasteiger partial charge in [-0.1, -0.05) is 60.1 Å². The minimum Gasteiger partial charge on any atom is -0.447 e. The molecule has 0 aliphatic heterocycles. The molecule has 1 heterocycles. The molecule has 0 saturated carbocycles. The fourth-order valence-corrected chi connectivity index (χ4v) is 3.01. The van der Waals surface area contributed by atoms with Crippen LogP contribution in [0, 0.1) is 0 Å². The van der Waals surface area contributed by atoms with Crippen molar-refractivity contribution in [3.63, 3.8) is 0 Å². The molecule has 0 bridgehead atoms. The van der Waals surface area contributed by atoms with Crippen LogP contribution in [0.4, 0.5) is 10.6 Å². The lowest BCUT2D eigenvalue weighted by atomic mass is 10.1. The number of nitrogens with zero attached hydrogens (tertiary/aromatic N) is 2. The third-order valence-corrected chi connectivity index (χ3v) is 4.82. The number of halogens is 1. The summed E-state index contributed by atoms with van der Waals surface area (Å²) < 4.78 is 5.17. The van der Waals surface area contributed by atoms with Crippen molar-refractivity contribution in [1.29, 1.82) is 0 Å². The molecule has 0 radical (unpaired) electrons. The largest absolute Gasteiger partial charge is 0.447 e. The van der Waals surface area contributed by atoms with Crippen LogP contribution in [0.2, 0.25) is 5.02 Å². The summed E-state index contributed by atoms with van der Waals surface area (Å²) in [5, 5.41) is 4.56. The lowest BCUT2D eigenvalue weighted by Gasteiger charge is -2.22. The van der Waals surface area contributed by atoms with E-state index in [0.717, 1.165) is 16.7 Å². The van der Waals surface area contributed by atoms with Gasteiger partial charge < -0.3 is 4.74 Å². The molecular weight excluding hydrogens is 416 g/mol. The Labute approximate surface area is 186 Å². The van der Waals surface area contributed by atoms with Crippen molar-refractivity contribution >= 4 is 29.4 Å². The number of ether oxygens (including phenoxy) is 1. The molecule has 3 aromatic rings. The van der Waals surface area contributed by atoms with E-state index in [4.69, 9.17) is 16.3 Å². The molecule has 0 aliphatic rings. The zero-order valence-electron chi connectivity index (χ0n) is 17.0. The molecule has 0 aliphatic carbocycles. The fourth-order valence-electron chi connectivity index (χ4n) is 2.81. The van der Waals surface area contributed by atoms with E-state index in [9.17, 15) is 9.59 Å².